The Balaban J connectivity index is 1.72. The Morgan fingerprint density at radius 3 is 2.46 bits per heavy atom. The Kier molecular flexibility index (Phi) is 5.80. The lowest BCUT2D eigenvalue weighted by molar-refractivity contribution is -0.132. The molecular formula is C19H21FN2O3S. The zero-order valence-corrected chi connectivity index (χ0v) is 15.2. The quantitative estimate of drug-likeness (QED) is 0.549. The van der Waals surface area contributed by atoms with Gasteiger partial charge in [0.15, 0.2) is 0 Å². The smallest absolute Gasteiger partial charge is 0.260 e. The monoisotopic (exact) mass is 376 g/mol. The van der Waals surface area contributed by atoms with Crippen molar-refractivity contribution in [2.24, 2.45) is 0 Å². The Morgan fingerprint density at radius 1 is 1.19 bits per heavy atom. The summed E-state index contributed by atoms with van der Waals surface area (Å²) in [5.74, 6) is 0.565. The van der Waals surface area contributed by atoms with E-state index in [1.54, 1.807) is 24.5 Å². The molecule has 26 heavy (non-hydrogen) atoms. The van der Waals surface area contributed by atoms with Gasteiger partial charge in [0.25, 0.3) is 5.91 Å². The molecule has 138 valence electrons. The molecule has 0 saturated carbocycles. The molecule has 7 heteroatoms. The average molecular weight is 376 g/mol. The van der Waals surface area contributed by atoms with Crippen molar-refractivity contribution in [1.82, 2.24) is 10.8 Å². The van der Waals surface area contributed by atoms with E-state index >= 15 is 0 Å². The van der Waals surface area contributed by atoms with E-state index in [1.807, 2.05) is 24.3 Å². The molecule has 0 radical (unpaired) electrons. The highest BCUT2D eigenvalue weighted by Gasteiger charge is 2.40. The van der Waals surface area contributed by atoms with Crippen LogP contribution in [0.2, 0.25) is 0 Å². The second kappa shape index (κ2) is 8.07. The van der Waals surface area contributed by atoms with E-state index in [-0.39, 0.29) is 11.7 Å². The molecule has 0 bridgehead atoms. The topological polar surface area (TPSA) is 70.6 Å². The number of thioether (sulfide) groups is 1. The third-order valence-corrected chi connectivity index (χ3v) is 5.92. The van der Waals surface area contributed by atoms with Gasteiger partial charge in [-0.25, -0.2) is 9.87 Å². The fourth-order valence-electron chi connectivity index (χ4n) is 2.93. The molecule has 0 aliphatic carbocycles. The summed E-state index contributed by atoms with van der Waals surface area (Å²) >= 11 is 1.45. The molecule has 1 aliphatic heterocycles. The lowest BCUT2D eigenvalue weighted by Gasteiger charge is -2.34. The molecular weight excluding hydrogens is 355 g/mol. The van der Waals surface area contributed by atoms with Crippen LogP contribution in [-0.4, -0.2) is 29.0 Å². The number of aryl methyl sites for hydroxylation is 1. The Hall–Kier alpha value is -2.09. The highest BCUT2D eigenvalue weighted by molar-refractivity contribution is 8.01. The summed E-state index contributed by atoms with van der Waals surface area (Å²) in [4.78, 5) is 13.1. The maximum atomic E-state index is 13.3. The van der Waals surface area contributed by atoms with Gasteiger partial charge < -0.3 is 10.1 Å². The standard InChI is InChI=1S/C19H21FN2O3S/c1-13-12-15(4-7-17(13)20)25-14-2-5-16(6-3-14)26-19(18(23)22-24)8-10-21-11-9-19/h2-7,12,21,24H,8-11H2,1H3,(H,22,23). The molecule has 1 saturated heterocycles. The third-order valence-electron chi connectivity index (χ3n) is 4.43. The van der Waals surface area contributed by atoms with E-state index in [2.05, 4.69) is 5.32 Å². The summed E-state index contributed by atoms with van der Waals surface area (Å²) in [7, 11) is 0. The first-order chi connectivity index (χ1) is 12.5. The van der Waals surface area contributed by atoms with E-state index < -0.39 is 4.75 Å². The molecule has 1 heterocycles. The van der Waals surface area contributed by atoms with Crippen LogP contribution in [0, 0.1) is 12.7 Å². The number of halogens is 1. The van der Waals surface area contributed by atoms with Gasteiger partial charge in [0, 0.05) is 4.90 Å². The predicted octanol–water partition coefficient (Wildman–Crippen LogP) is 3.65. The maximum absolute atomic E-state index is 13.3. The van der Waals surface area contributed by atoms with Crippen LogP contribution in [0.15, 0.2) is 47.4 Å². The minimum absolute atomic E-state index is 0.265. The number of benzene rings is 2. The third kappa shape index (κ3) is 4.17. The van der Waals surface area contributed by atoms with E-state index in [0.29, 0.717) is 29.9 Å². The summed E-state index contributed by atoms with van der Waals surface area (Å²) in [5, 5.41) is 12.3. The van der Waals surface area contributed by atoms with Crippen molar-refractivity contribution in [1.29, 1.82) is 0 Å². The highest BCUT2D eigenvalue weighted by atomic mass is 32.2. The first kappa shape index (κ1) is 18.7. The van der Waals surface area contributed by atoms with Gasteiger partial charge >= 0.3 is 0 Å². The Bertz CT molecular complexity index is 777. The molecule has 1 fully saturated rings. The van der Waals surface area contributed by atoms with E-state index in [4.69, 9.17) is 9.94 Å². The summed E-state index contributed by atoms with van der Waals surface area (Å²) in [6, 6.07) is 12.0. The minimum atomic E-state index is -0.684. The van der Waals surface area contributed by atoms with Crippen molar-refractivity contribution in [3.05, 3.63) is 53.8 Å². The van der Waals surface area contributed by atoms with Crippen molar-refractivity contribution in [3.8, 4) is 11.5 Å². The Morgan fingerprint density at radius 2 is 1.85 bits per heavy atom. The zero-order valence-electron chi connectivity index (χ0n) is 14.4. The minimum Gasteiger partial charge on any atom is -0.457 e. The summed E-state index contributed by atoms with van der Waals surface area (Å²) in [6.45, 7) is 3.14. The predicted molar refractivity (Wildman–Crippen MR) is 98.3 cm³/mol. The molecule has 2 aromatic rings. The van der Waals surface area contributed by atoms with E-state index in [9.17, 15) is 9.18 Å². The number of hydroxylamine groups is 1. The van der Waals surface area contributed by atoms with Crippen molar-refractivity contribution in [3.63, 3.8) is 0 Å². The summed E-state index contributed by atoms with van der Waals surface area (Å²) < 4.78 is 18.4. The fourth-order valence-corrected chi connectivity index (χ4v) is 4.20. The van der Waals surface area contributed by atoms with Gasteiger partial charge in [0.1, 0.15) is 22.1 Å². The van der Waals surface area contributed by atoms with Crippen LogP contribution < -0.4 is 15.5 Å². The van der Waals surface area contributed by atoms with Crippen molar-refractivity contribution in [2.45, 2.75) is 29.4 Å². The number of piperidine rings is 1. The molecule has 5 nitrogen and oxygen atoms in total. The van der Waals surface area contributed by atoms with Crippen LogP contribution in [0.1, 0.15) is 18.4 Å². The number of nitrogens with one attached hydrogen (secondary N) is 2. The van der Waals surface area contributed by atoms with Gasteiger partial charge in [-0.3, -0.25) is 10.0 Å². The van der Waals surface area contributed by atoms with Gasteiger partial charge in [-0.2, -0.15) is 0 Å². The van der Waals surface area contributed by atoms with E-state index in [1.165, 1.54) is 17.8 Å². The van der Waals surface area contributed by atoms with Crippen LogP contribution >= 0.6 is 11.8 Å². The molecule has 3 rings (SSSR count). The summed E-state index contributed by atoms with van der Waals surface area (Å²) in [5.41, 5.74) is 2.33. The van der Waals surface area contributed by atoms with E-state index in [0.717, 1.165) is 18.0 Å². The van der Waals surface area contributed by atoms with Crippen molar-refractivity contribution in [2.75, 3.05) is 13.1 Å². The number of hydrogen-bond acceptors (Lipinski definition) is 5. The zero-order chi connectivity index (χ0) is 18.6. The molecule has 1 aliphatic rings. The van der Waals surface area contributed by atoms with Gasteiger partial charge in [-0.1, -0.05) is 0 Å². The number of hydrogen-bond donors (Lipinski definition) is 3. The van der Waals surface area contributed by atoms with Crippen molar-refractivity contribution >= 4 is 17.7 Å². The number of amides is 1. The van der Waals surface area contributed by atoms with Gasteiger partial charge in [-0.05, 0) is 80.9 Å². The summed E-state index contributed by atoms with van der Waals surface area (Å²) in [6.07, 6.45) is 1.27. The molecule has 0 atom stereocenters. The molecule has 1 amide bonds. The second-order valence-electron chi connectivity index (χ2n) is 6.27. The van der Waals surface area contributed by atoms with Crippen LogP contribution in [0.5, 0.6) is 11.5 Å². The number of carbonyl (C=O) groups is 1. The fraction of sp³-hybridized carbons (Fsp3) is 0.316. The average Bonchev–Trinajstić information content (AvgIpc) is 2.66. The maximum Gasteiger partial charge on any atom is 0.260 e. The second-order valence-corrected chi connectivity index (χ2v) is 7.73. The van der Waals surface area contributed by atoms with Gasteiger partial charge in [0.05, 0.1) is 0 Å². The normalized spacial score (nSPS) is 16.1. The van der Waals surface area contributed by atoms with Crippen LogP contribution in [0.25, 0.3) is 0 Å². The molecule has 3 N–H and O–H groups in total. The highest BCUT2D eigenvalue weighted by Crippen LogP contribution is 2.40. The largest absolute Gasteiger partial charge is 0.457 e. The Labute approximate surface area is 155 Å². The first-order valence-corrected chi connectivity index (χ1v) is 9.22. The lowest BCUT2D eigenvalue weighted by atomic mass is 9.96. The lowest BCUT2D eigenvalue weighted by Crippen LogP contribution is -2.49. The number of ether oxygens (including phenoxy) is 1. The number of carbonyl (C=O) groups excluding carboxylic acids is 1. The van der Waals surface area contributed by atoms with Gasteiger partial charge in [0.2, 0.25) is 0 Å². The van der Waals surface area contributed by atoms with Crippen LogP contribution in [0.3, 0.4) is 0 Å². The van der Waals surface area contributed by atoms with Gasteiger partial charge in [-0.15, -0.1) is 11.8 Å². The van der Waals surface area contributed by atoms with Crippen molar-refractivity contribution < 1.29 is 19.1 Å². The molecule has 2 aromatic carbocycles. The molecule has 0 unspecified atom stereocenters. The SMILES string of the molecule is Cc1cc(Oc2ccc(SC3(C(=O)NO)CCNCC3)cc2)ccc1F. The van der Waals surface area contributed by atoms with Crippen LogP contribution in [0.4, 0.5) is 4.39 Å². The molecule has 0 spiro atoms. The first-order valence-electron chi connectivity index (χ1n) is 8.41. The van der Waals surface area contributed by atoms with Crippen LogP contribution in [-0.2, 0) is 4.79 Å². The molecule has 0 aromatic heterocycles. The number of rotatable bonds is 5.